The van der Waals surface area contributed by atoms with Crippen LogP contribution in [0.2, 0.25) is 0 Å². The summed E-state index contributed by atoms with van der Waals surface area (Å²) in [6.07, 6.45) is 0. The molecule has 0 fully saturated rings. The van der Waals surface area contributed by atoms with E-state index < -0.39 is 0 Å². The van der Waals surface area contributed by atoms with E-state index in [4.69, 9.17) is 0 Å². The van der Waals surface area contributed by atoms with Gasteiger partial charge in [0.2, 0.25) is 0 Å². The van der Waals surface area contributed by atoms with E-state index in [1.165, 1.54) is 0 Å². The van der Waals surface area contributed by atoms with Gasteiger partial charge in [-0.25, -0.2) is 0 Å². The van der Waals surface area contributed by atoms with Crippen LogP contribution in [0.4, 0.5) is 0 Å². The largest absolute Gasteiger partial charge is 2.00 e. The summed E-state index contributed by atoms with van der Waals surface area (Å²) in [5.41, 5.74) is 0. The van der Waals surface area contributed by atoms with Crippen molar-refractivity contribution in [2.75, 3.05) is 0 Å². The molecule has 0 saturated carbocycles. The molecule has 0 aromatic heterocycles. The van der Waals surface area contributed by atoms with Crippen molar-refractivity contribution < 1.29 is 95.0 Å². The average molecular weight is 447 g/mol. The Hall–Kier alpha value is 2.92. The summed E-state index contributed by atoms with van der Waals surface area (Å²) in [6, 6.07) is 0. The maximum atomic E-state index is 0. The first-order chi connectivity index (χ1) is 0. The van der Waals surface area contributed by atoms with Crippen LogP contribution in [0.5, 0.6) is 0 Å². The summed E-state index contributed by atoms with van der Waals surface area (Å²) in [5, 5.41) is 0. The second-order valence-electron chi connectivity index (χ2n) is 0. The van der Waals surface area contributed by atoms with Crippen molar-refractivity contribution in [3.63, 3.8) is 0 Å². The quantitative estimate of drug-likeness (QED) is 0.463. The summed E-state index contributed by atoms with van der Waals surface area (Å²) < 4.78 is 0. The summed E-state index contributed by atoms with van der Waals surface area (Å²) >= 11 is 0. The summed E-state index contributed by atoms with van der Waals surface area (Å²) in [5.74, 6) is 0. The molecule has 0 aliphatic rings. The molecule has 0 rings (SSSR count). The van der Waals surface area contributed by atoms with E-state index in [9.17, 15) is 0 Å². The molecule has 0 aliphatic carbocycles. The van der Waals surface area contributed by atoms with Crippen LogP contribution in [0.15, 0.2) is 0 Å². The zero-order valence-corrected chi connectivity index (χ0v) is 7.54. The van der Waals surface area contributed by atoms with Crippen LogP contribution in [0.1, 0.15) is 0 Å². The van der Waals surface area contributed by atoms with Crippen molar-refractivity contribution in [2.45, 2.75) is 0 Å². The number of hydrogen-bond acceptors (Lipinski definition) is 0. The van der Waals surface area contributed by atoms with Gasteiger partial charge in [0.05, 0.1) is 0 Å². The van der Waals surface area contributed by atoms with Gasteiger partial charge in [0.25, 0.3) is 0 Å². The molecule has 1 nitrogen and oxygen atoms in total. The molecule has 0 saturated heterocycles. The molecule has 0 atom stereocenters. The Bertz CT molecular complexity index is 3.61. The van der Waals surface area contributed by atoms with Gasteiger partial charge >= 0.3 is 44.8 Å². The van der Waals surface area contributed by atoms with Gasteiger partial charge in [-0.05, 0) is 0 Å². The molecule has 0 N–H and O–H groups in total. The van der Waals surface area contributed by atoms with Gasteiger partial charge in [-0.15, -0.1) is 0 Å². The monoisotopic (exact) mass is 444 g/mol. The molecule has 0 aromatic rings. The van der Waals surface area contributed by atoms with Gasteiger partial charge in [-0.1, -0.05) is 0 Å². The molecule has 2 radical (unpaired) electrons. The smallest absolute Gasteiger partial charge is 1.00 e. The molecule has 0 aromatic carbocycles. The van der Waals surface area contributed by atoms with Crippen molar-refractivity contribution in [3.05, 3.63) is 0 Å². The molecule has 50 valence electrons. The third-order valence-electron chi connectivity index (χ3n) is 0. The van der Waals surface area contributed by atoms with Gasteiger partial charge in [-0.3, -0.25) is 0 Å². The van der Waals surface area contributed by atoms with E-state index in [0.717, 1.165) is 0 Å². The van der Waals surface area contributed by atoms with Crippen molar-refractivity contribution in [1.29, 1.82) is 0 Å². The predicted molar refractivity (Wildman–Crippen MR) is 0.686 cm³/mol. The fourth-order valence-electron chi connectivity index (χ4n) is 0. The van der Waals surface area contributed by atoms with Crippen molar-refractivity contribution in [1.82, 2.24) is 0 Å². The summed E-state index contributed by atoms with van der Waals surface area (Å²) in [6.45, 7) is 0. The minimum absolute atomic E-state index is 0. The molecular weight excluding hydrogens is 447 g/mol. The second kappa shape index (κ2) is 28.4. The maximum absolute atomic E-state index is 0. The fourth-order valence-corrected chi connectivity index (χ4v) is 0. The summed E-state index contributed by atoms with van der Waals surface area (Å²) in [4.78, 5) is 0. The molecular formula is Ag4O. The fraction of sp³-hybridized carbons (Fsp3) is 0. The zero-order valence-electron chi connectivity index (χ0n) is 1.61. The minimum Gasteiger partial charge on any atom is -2.00 e. The van der Waals surface area contributed by atoms with E-state index >= 15 is 0 Å². The van der Waals surface area contributed by atoms with Crippen LogP contribution in [0.25, 0.3) is 0 Å². The van der Waals surface area contributed by atoms with Crippen LogP contribution < -0.4 is 0 Å². The minimum atomic E-state index is 0. The molecule has 0 amide bonds. The third kappa shape index (κ3) is 19.6. The molecule has 0 aliphatic heterocycles. The van der Waals surface area contributed by atoms with E-state index in [1.807, 2.05) is 0 Å². The van der Waals surface area contributed by atoms with Gasteiger partial charge in [0, 0.05) is 44.8 Å². The Morgan fingerprint density at radius 1 is 0.600 bits per heavy atom. The Balaban J connectivity index is 0. The van der Waals surface area contributed by atoms with Gasteiger partial charge in [0.15, 0.2) is 0 Å². The number of hydrogen-bond donors (Lipinski definition) is 0. The maximum Gasteiger partial charge on any atom is 1.00 e. The molecule has 0 unspecified atom stereocenters. The Morgan fingerprint density at radius 2 is 0.600 bits per heavy atom. The first-order valence-electron chi connectivity index (χ1n) is 0. The Morgan fingerprint density at radius 3 is 0.600 bits per heavy atom. The van der Waals surface area contributed by atoms with Crippen LogP contribution in [-0.4, -0.2) is 0 Å². The van der Waals surface area contributed by atoms with Crippen LogP contribution in [0, 0.1) is 0 Å². The third-order valence-corrected chi connectivity index (χ3v) is 0. The Labute approximate surface area is 93.4 Å². The Kier molecular flexibility index (Phi) is 253. The second-order valence-corrected chi connectivity index (χ2v) is 0. The van der Waals surface area contributed by atoms with Crippen molar-refractivity contribution >= 4 is 0 Å². The topological polar surface area (TPSA) is 28.5 Å². The molecule has 0 bridgehead atoms. The zero-order chi connectivity index (χ0) is 0. The standard InChI is InChI=1S/4Ag.O/q;;2*+1;-2. The van der Waals surface area contributed by atoms with Gasteiger partial charge in [0.1, 0.15) is 0 Å². The molecule has 0 spiro atoms. The molecule has 5 heavy (non-hydrogen) atoms. The first-order valence-corrected chi connectivity index (χ1v) is 0. The van der Waals surface area contributed by atoms with E-state index in [-0.39, 0.29) is 95.0 Å². The van der Waals surface area contributed by atoms with Crippen LogP contribution >= 0.6 is 0 Å². The molecule has 0 heterocycles. The van der Waals surface area contributed by atoms with Crippen LogP contribution in [-0.2, 0) is 95.0 Å². The van der Waals surface area contributed by atoms with E-state index in [2.05, 4.69) is 0 Å². The molecule has 5 heteroatoms. The van der Waals surface area contributed by atoms with Crippen molar-refractivity contribution in [2.24, 2.45) is 0 Å². The first kappa shape index (κ1) is 44.5. The predicted octanol–water partition coefficient (Wildman–Crippen LogP) is -0.129. The van der Waals surface area contributed by atoms with Gasteiger partial charge < -0.3 is 5.48 Å². The van der Waals surface area contributed by atoms with E-state index in [1.54, 1.807) is 0 Å². The average Bonchev–Trinajstić information content (AvgIpc) is 0. The van der Waals surface area contributed by atoms with Gasteiger partial charge in [-0.2, -0.15) is 0 Å². The van der Waals surface area contributed by atoms with E-state index in [0.29, 0.717) is 0 Å². The summed E-state index contributed by atoms with van der Waals surface area (Å²) in [7, 11) is 0. The SMILES string of the molecule is [Ag+].[Ag+].[Ag].[Ag].[O-2]. The van der Waals surface area contributed by atoms with Crippen molar-refractivity contribution in [3.8, 4) is 0 Å². The van der Waals surface area contributed by atoms with Crippen LogP contribution in [0.3, 0.4) is 0 Å². The number of rotatable bonds is 0. The normalized spacial score (nSPS) is 0.